The van der Waals surface area contributed by atoms with Gasteiger partial charge in [-0.2, -0.15) is 0 Å². The molecule has 0 N–H and O–H groups in total. The highest BCUT2D eigenvalue weighted by atomic mass is 16.6. The van der Waals surface area contributed by atoms with Crippen molar-refractivity contribution >= 4 is 17.9 Å². The van der Waals surface area contributed by atoms with Gasteiger partial charge in [-0.15, -0.1) is 0 Å². The molecule has 35 heavy (non-hydrogen) atoms. The van der Waals surface area contributed by atoms with E-state index in [0.717, 1.165) is 31.3 Å². The zero-order chi connectivity index (χ0) is 26.0. The topological polar surface area (TPSA) is 78.9 Å². The van der Waals surface area contributed by atoms with Crippen LogP contribution in [0.15, 0.2) is 47.1 Å². The fraction of sp³-hybridized carbons (Fsp3) is 0.621. The molecule has 0 bridgehead atoms. The number of esters is 3. The number of allylic oxidation sites excluding steroid dienone is 3. The van der Waals surface area contributed by atoms with Crippen LogP contribution >= 0.6 is 0 Å². The number of hydrogen-bond donors (Lipinski definition) is 0. The summed E-state index contributed by atoms with van der Waals surface area (Å²) in [7, 11) is 0. The number of ether oxygens (including phenoxy) is 3. The highest BCUT2D eigenvalue weighted by Gasteiger charge is 2.40. The van der Waals surface area contributed by atoms with Crippen LogP contribution in [-0.4, -0.2) is 37.2 Å². The Hall–Kier alpha value is -2.63. The number of rotatable bonds is 13. The molecule has 0 spiro atoms. The van der Waals surface area contributed by atoms with E-state index >= 15 is 0 Å². The highest BCUT2D eigenvalue weighted by molar-refractivity contribution is 5.86. The summed E-state index contributed by atoms with van der Waals surface area (Å²) in [4.78, 5) is 34.2. The average molecular weight is 487 g/mol. The van der Waals surface area contributed by atoms with Crippen molar-refractivity contribution in [2.75, 3.05) is 13.2 Å². The molecule has 0 aromatic heterocycles. The lowest BCUT2D eigenvalue weighted by Crippen LogP contribution is -2.24. The maximum atomic E-state index is 11.7. The Morgan fingerprint density at radius 1 is 1.14 bits per heavy atom. The SMILES string of the molecule is C=C(C)[C@@]1(CC/C(C)=C/CC/C(=C/C[C@H]2OC(=O)C=C2COC(C)=O)COC(C)=O)CCC[C@H]1C. The molecule has 0 saturated heterocycles. The number of carbonyl (C=O) groups is 3. The van der Waals surface area contributed by atoms with Crippen LogP contribution in [0.5, 0.6) is 0 Å². The third-order valence-corrected chi connectivity index (χ3v) is 7.48. The predicted molar refractivity (Wildman–Crippen MR) is 136 cm³/mol. The Morgan fingerprint density at radius 2 is 1.86 bits per heavy atom. The normalized spacial score (nSPS) is 24.7. The molecule has 1 heterocycles. The molecule has 6 heteroatoms. The van der Waals surface area contributed by atoms with Crippen molar-refractivity contribution in [2.24, 2.45) is 11.3 Å². The molecule has 194 valence electrons. The van der Waals surface area contributed by atoms with Gasteiger partial charge in [0.25, 0.3) is 0 Å². The second-order valence-electron chi connectivity index (χ2n) is 10.1. The van der Waals surface area contributed by atoms with Gasteiger partial charge >= 0.3 is 17.9 Å². The number of cyclic esters (lactones) is 1. The molecule has 1 saturated carbocycles. The molecule has 2 rings (SSSR count). The van der Waals surface area contributed by atoms with Crippen molar-refractivity contribution in [1.29, 1.82) is 0 Å². The first kappa shape index (κ1) is 28.6. The van der Waals surface area contributed by atoms with Crippen molar-refractivity contribution < 1.29 is 28.6 Å². The summed E-state index contributed by atoms with van der Waals surface area (Å²) in [5.41, 5.74) is 4.56. The molecule has 2 aliphatic rings. The van der Waals surface area contributed by atoms with Crippen LogP contribution in [0.25, 0.3) is 0 Å². The third-order valence-electron chi connectivity index (χ3n) is 7.48. The zero-order valence-electron chi connectivity index (χ0n) is 22.1. The molecule has 0 aromatic carbocycles. The molecule has 1 aliphatic heterocycles. The Balaban J connectivity index is 1.95. The van der Waals surface area contributed by atoms with Crippen LogP contribution in [-0.2, 0) is 28.6 Å². The van der Waals surface area contributed by atoms with Crippen LogP contribution in [0.1, 0.15) is 86.0 Å². The van der Waals surface area contributed by atoms with Crippen molar-refractivity contribution in [2.45, 2.75) is 92.1 Å². The Kier molecular flexibility index (Phi) is 11.0. The molecule has 6 nitrogen and oxygen atoms in total. The Bertz CT molecular complexity index is 893. The fourth-order valence-corrected chi connectivity index (χ4v) is 5.21. The molecule has 3 atom stereocenters. The summed E-state index contributed by atoms with van der Waals surface area (Å²) in [5, 5.41) is 0. The molecule has 1 fully saturated rings. The fourth-order valence-electron chi connectivity index (χ4n) is 5.21. The van der Waals surface area contributed by atoms with Crippen LogP contribution < -0.4 is 0 Å². The van der Waals surface area contributed by atoms with Crippen LogP contribution in [0, 0.1) is 11.3 Å². The van der Waals surface area contributed by atoms with Gasteiger partial charge in [-0.3, -0.25) is 9.59 Å². The van der Waals surface area contributed by atoms with Gasteiger partial charge in [-0.1, -0.05) is 43.2 Å². The van der Waals surface area contributed by atoms with E-state index in [1.54, 1.807) is 0 Å². The predicted octanol–water partition coefficient (Wildman–Crippen LogP) is 6.17. The number of carbonyl (C=O) groups excluding carboxylic acids is 3. The summed E-state index contributed by atoms with van der Waals surface area (Å²) in [5.74, 6) is -0.486. The lowest BCUT2D eigenvalue weighted by Gasteiger charge is -2.35. The molecular formula is C29H42O6. The van der Waals surface area contributed by atoms with Gasteiger partial charge in [0.05, 0.1) is 0 Å². The first-order valence-electron chi connectivity index (χ1n) is 12.7. The van der Waals surface area contributed by atoms with E-state index in [2.05, 4.69) is 33.4 Å². The van der Waals surface area contributed by atoms with Gasteiger partial charge in [0.2, 0.25) is 0 Å². The van der Waals surface area contributed by atoms with Gasteiger partial charge in [0.1, 0.15) is 19.3 Å². The smallest absolute Gasteiger partial charge is 0.331 e. The van der Waals surface area contributed by atoms with Crippen LogP contribution in [0.3, 0.4) is 0 Å². The van der Waals surface area contributed by atoms with E-state index in [1.807, 2.05) is 6.08 Å². The largest absolute Gasteiger partial charge is 0.461 e. The Labute approximate surface area is 210 Å². The minimum Gasteiger partial charge on any atom is -0.461 e. The summed E-state index contributed by atoms with van der Waals surface area (Å²) >= 11 is 0. The van der Waals surface area contributed by atoms with Crippen molar-refractivity contribution in [3.05, 3.63) is 47.1 Å². The minimum absolute atomic E-state index is 0.0328. The van der Waals surface area contributed by atoms with Gasteiger partial charge in [0.15, 0.2) is 0 Å². The monoisotopic (exact) mass is 486 g/mol. The quantitative estimate of drug-likeness (QED) is 0.176. The van der Waals surface area contributed by atoms with E-state index in [0.29, 0.717) is 17.9 Å². The maximum absolute atomic E-state index is 11.7. The molecule has 0 radical (unpaired) electrons. The van der Waals surface area contributed by atoms with E-state index in [-0.39, 0.29) is 24.6 Å². The van der Waals surface area contributed by atoms with Crippen molar-refractivity contribution in [3.63, 3.8) is 0 Å². The van der Waals surface area contributed by atoms with Crippen LogP contribution in [0.2, 0.25) is 0 Å². The standard InChI is InChI=1S/C29H42O6/c1-20(2)29(15-8-10-22(29)4)16-14-21(3)9-7-11-25(18-33-23(5)30)12-13-27-26(17-28(32)35-27)19-34-24(6)31/h9,12,17,22,27H,1,7-8,10-11,13-16,18-19H2,2-6H3/b21-9+,25-12-/t22-,27-,29+/m1/s1. The van der Waals surface area contributed by atoms with Crippen molar-refractivity contribution in [1.82, 2.24) is 0 Å². The van der Waals surface area contributed by atoms with Crippen LogP contribution in [0.4, 0.5) is 0 Å². The Morgan fingerprint density at radius 3 is 2.46 bits per heavy atom. The summed E-state index contributed by atoms with van der Waals surface area (Å²) < 4.78 is 15.6. The summed E-state index contributed by atoms with van der Waals surface area (Å²) in [6, 6.07) is 0. The first-order chi connectivity index (χ1) is 16.5. The third kappa shape index (κ3) is 8.83. The first-order valence-corrected chi connectivity index (χ1v) is 12.7. The van der Waals surface area contributed by atoms with Gasteiger partial charge in [-0.25, -0.2) is 4.79 Å². The van der Waals surface area contributed by atoms with Gasteiger partial charge in [0, 0.05) is 31.9 Å². The van der Waals surface area contributed by atoms with Gasteiger partial charge < -0.3 is 14.2 Å². The van der Waals surface area contributed by atoms with E-state index < -0.39 is 18.0 Å². The zero-order valence-corrected chi connectivity index (χ0v) is 22.1. The molecule has 0 aromatic rings. The summed E-state index contributed by atoms with van der Waals surface area (Å²) in [6.07, 6.45) is 13.2. The maximum Gasteiger partial charge on any atom is 0.331 e. The average Bonchev–Trinajstić information content (AvgIpc) is 3.34. The lowest BCUT2D eigenvalue weighted by atomic mass is 9.70. The van der Waals surface area contributed by atoms with Gasteiger partial charge in [-0.05, 0) is 69.3 Å². The molecule has 1 aliphatic carbocycles. The second kappa shape index (κ2) is 13.5. The lowest BCUT2D eigenvalue weighted by molar-refractivity contribution is -0.141. The second-order valence-corrected chi connectivity index (χ2v) is 10.1. The van der Waals surface area contributed by atoms with E-state index in [4.69, 9.17) is 14.2 Å². The number of hydrogen-bond acceptors (Lipinski definition) is 6. The minimum atomic E-state index is -0.474. The van der Waals surface area contributed by atoms with E-state index in [1.165, 1.54) is 50.3 Å². The molecule has 0 unspecified atom stereocenters. The molecule has 0 amide bonds. The molecular weight excluding hydrogens is 444 g/mol. The van der Waals surface area contributed by atoms with E-state index in [9.17, 15) is 14.4 Å². The summed E-state index contributed by atoms with van der Waals surface area (Å²) in [6.45, 7) is 14.0. The highest BCUT2D eigenvalue weighted by Crippen LogP contribution is 2.51. The van der Waals surface area contributed by atoms with Crippen molar-refractivity contribution in [3.8, 4) is 0 Å².